The monoisotopic (exact) mass is 376 g/mol. The molecule has 0 atom stereocenters. The fourth-order valence-corrected chi connectivity index (χ4v) is 3.28. The van der Waals surface area contributed by atoms with Gasteiger partial charge in [0.15, 0.2) is 0 Å². The molecular weight excluding hydrogens is 354 g/mol. The zero-order valence-corrected chi connectivity index (χ0v) is 15.2. The van der Waals surface area contributed by atoms with Crippen LogP contribution in [0.5, 0.6) is 0 Å². The molecule has 3 rings (SSSR count). The summed E-state index contributed by atoms with van der Waals surface area (Å²) in [7, 11) is 1.89. The van der Waals surface area contributed by atoms with Crippen LogP contribution in [0.1, 0.15) is 37.2 Å². The van der Waals surface area contributed by atoms with Gasteiger partial charge in [0.2, 0.25) is 5.91 Å². The number of allylic oxidation sites excluding steroid dienone is 1. The van der Waals surface area contributed by atoms with E-state index in [1.807, 2.05) is 22.7 Å². The number of aryl methyl sites for hydroxylation is 1. The second-order valence-electron chi connectivity index (χ2n) is 6.63. The van der Waals surface area contributed by atoms with Crippen molar-refractivity contribution in [2.24, 2.45) is 7.05 Å². The third kappa shape index (κ3) is 4.29. The van der Waals surface area contributed by atoms with Gasteiger partial charge in [-0.1, -0.05) is 0 Å². The number of likely N-dealkylation sites (tertiary alicyclic amines) is 1. The maximum atomic E-state index is 12.4. The topological polar surface area (TPSA) is 90.7 Å². The lowest BCUT2D eigenvalue weighted by Crippen LogP contribution is -2.36. The van der Waals surface area contributed by atoms with Gasteiger partial charge >= 0.3 is 0 Å². The summed E-state index contributed by atoms with van der Waals surface area (Å²) >= 11 is 0. The predicted octanol–water partition coefficient (Wildman–Crippen LogP) is 2.83. The molecule has 1 aliphatic heterocycles. The van der Waals surface area contributed by atoms with Crippen molar-refractivity contribution in [3.63, 3.8) is 0 Å². The Morgan fingerprint density at radius 3 is 2.74 bits per heavy atom. The number of rotatable bonds is 5. The number of hydrogen-bond donors (Lipinski definition) is 2. The lowest BCUT2D eigenvalue weighted by molar-refractivity contribution is -0.129. The van der Waals surface area contributed by atoms with Crippen LogP contribution in [0.2, 0.25) is 0 Å². The lowest BCUT2D eigenvalue weighted by Gasteiger charge is -2.31. The second-order valence-corrected chi connectivity index (χ2v) is 6.63. The minimum absolute atomic E-state index is 0.108. The second kappa shape index (κ2) is 7.81. The number of nitrogens with zero attached hydrogens (tertiary/aromatic N) is 4. The van der Waals surface area contributed by atoms with Crippen LogP contribution in [0.25, 0.3) is 17.5 Å². The molecule has 0 aliphatic carbocycles. The Hall–Kier alpha value is -2.84. The van der Waals surface area contributed by atoms with Crippen LogP contribution in [0, 0.1) is 5.41 Å². The summed E-state index contributed by atoms with van der Waals surface area (Å²) in [5.74, 6) is 0.829. The Morgan fingerprint density at radius 2 is 2.11 bits per heavy atom. The summed E-state index contributed by atoms with van der Waals surface area (Å²) < 4.78 is 26.5. The summed E-state index contributed by atoms with van der Waals surface area (Å²) in [6.45, 7) is 3.08. The van der Waals surface area contributed by atoms with E-state index in [4.69, 9.17) is 5.41 Å². The smallest absolute Gasteiger partial charge is 0.279 e. The number of alkyl halides is 2. The van der Waals surface area contributed by atoms with E-state index in [-0.39, 0.29) is 5.91 Å². The Bertz CT molecular complexity index is 861. The van der Waals surface area contributed by atoms with Crippen molar-refractivity contribution < 1.29 is 13.6 Å². The number of aromatic nitrogens is 4. The first kappa shape index (κ1) is 18.9. The molecule has 0 bridgehead atoms. The zero-order valence-electron chi connectivity index (χ0n) is 15.2. The van der Waals surface area contributed by atoms with Crippen LogP contribution < -0.4 is 0 Å². The van der Waals surface area contributed by atoms with Gasteiger partial charge < -0.3 is 9.88 Å². The van der Waals surface area contributed by atoms with Crippen molar-refractivity contribution in [2.75, 3.05) is 13.1 Å². The minimum atomic E-state index is -2.80. The van der Waals surface area contributed by atoms with E-state index in [0.717, 1.165) is 43.4 Å². The molecule has 3 heterocycles. The Kier molecular flexibility index (Phi) is 5.48. The van der Waals surface area contributed by atoms with Crippen LogP contribution in [-0.2, 0) is 11.8 Å². The van der Waals surface area contributed by atoms with E-state index in [2.05, 4.69) is 15.1 Å². The van der Waals surface area contributed by atoms with Crippen LogP contribution in [0.15, 0.2) is 18.3 Å². The van der Waals surface area contributed by atoms with E-state index in [0.29, 0.717) is 17.4 Å². The average Bonchev–Trinajstić information content (AvgIpc) is 3.26. The van der Waals surface area contributed by atoms with Gasteiger partial charge in [-0.2, -0.15) is 5.10 Å². The molecule has 0 unspecified atom stereocenters. The van der Waals surface area contributed by atoms with Gasteiger partial charge in [0.1, 0.15) is 11.5 Å². The molecule has 7 nitrogen and oxygen atoms in total. The van der Waals surface area contributed by atoms with Crippen molar-refractivity contribution in [1.82, 2.24) is 24.6 Å². The number of carbonyl (C=O) groups excluding carboxylic acids is 1. The number of nitrogens with one attached hydrogen (secondary N) is 2. The molecule has 0 saturated carbocycles. The zero-order chi connectivity index (χ0) is 19.6. The highest BCUT2D eigenvalue weighted by Gasteiger charge is 2.25. The van der Waals surface area contributed by atoms with Gasteiger partial charge in [0, 0.05) is 38.7 Å². The van der Waals surface area contributed by atoms with Gasteiger partial charge in [-0.25, -0.2) is 13.8 Å². The van der Waals surface area contributed by atoms with Gasteiger partial charge in [-0.3, -0.25) is 14.9 Å². The number of halogens is 2. The van der Waals surface area contributed by atoms with Crippen LogP contribution in [-0.4, -0.2) is 55.8 Å². The van der Waals surface area contributed by atoms with E-state index >= 15 is 0 Å². The molecule has 1 amide bonds. The number of imidazole rings is 1. The average molecular weight is 376 g/mol. The quantitative estimate of drug-likeness (QED) is 0.786. The van der Waals surface area contributed by atoms with Gasteiger partial charge in [-0.15, -0.1) is 0 Å². The maximum absolute atomic E-state index is 12.4. The summed E-state index contributed by atoms with van der Waals surface area (Å²) in [6, 6.07) is 2.00. The molecule has 2 aromatic heterocycles. The standard InChI is InChI=1S/C18H22F2N6O/c1-11(27)26-7-5-12(6-8-26)16-9-14(24-25(16)2)15-10-22-17(23-15)4-3-13(21)18(19)20/h3-4,9-10,12,18,21H,5-8H2,1-2H3,(H,22,23)/b4-3-,21-13?. The highest BCUT2D eigenvalue weighted by atomic mass is 19.3. The van der Waals surface area contributed by atoms with Crippen molar-refractivity contribution in [2.45, 2.75) is 32.1 Å². The van der Waals surface area contributed by atoms with E-state index in [9.17, 15) is 13.6 Å². The van der Waals surface area contributed by atoms with E-state index in [1.165, 1.54) is 6.08 Å². The Morgan fingerprint density at radius 1 is 1.41 bits per heavy atom. The molecule has 2 N–H and O–H groups in total. The van der Waals surface area contributed by atoms with E-state index < -0.39 is 12.1 Å². The number of piperidine rings is 1. The van der Waals surface area contributed by atoms with Crippen molar-refractivity contribution in [3.05, 3.63) is 29.9 Å². The first-order valence-corrected chi connectivity index (χ1v) is 8.74. The first-order chi connectivity index (χ1) is 12.8. The summed E-state index contributed by atoms with van der Waals surface area (Å²) in [5.41, 5.74) is 1.74. The highest BCUT2D eigenvalue weighted by molar-refractivity contribution is 5.97. The van der Waals surface area contributed by atoms with Crippen molar-refractivity contribution in [3.8, 4) is 11.4 Å². The molecule has 1 aliphatic rings. The molecule has 0 spiro atoms. The molecule has 0 radical (unpaired) electrons. The fourth-order valence-electron chi connectivity index (χ4n) is 3.28. The molecule has 27 heavy (non-hydrogen) atoms. The van der Waals surface area contributed by atoms with E-state index in [1.54, 1.807) is 13.1 Å². The van der Waals surface area contributed by atoms with Crippen LogP contribution >= 0.6 is 0 Å². The van der Waals surface area contributed by atoms with Crippen LogP contribution in [0.3, 0.4) is 0 Å². The minimum Gasteiger partial charge on any atom is -0.343 e. The summed E-state index contributed by atoms with van der Waals surface area (Å²) in [4.78, 5) is 20.5. The molecule has 1 fully saturated rings. The first-order valence-electron chi connectivity index (χ1n) is 8.74. The van der Waals surface area contributed by atoms with Gasteiger partial charge in [0.25, 0.3) is 6.43 Å². The fraction of sp³-hybridized carbons (Fsp3) is 0.444. The third-order valence-electron chi connectivity index (χ3n) is 4.80. The molecule has 0 aromatic carbocycles. The highest BCUT2D eigenvalue weighted by Crippen LogP contribution is 2.30. The molecular formula is C18H22F2N6O. The van der Waals surface area contributed by atoms with Gasteiger partial charge in [0.05, 0.1) is 17.6 Å². The Balaban J connectivity index is 1.72. The van der Waals surface area contributed by atoms with Crippen molar-refractivity contribution >= 4 is 17.7 Å². The Labute approximate surface area is 155 Å². The lowest BCUT2D eigenvalue weighted by atomic mass is 9.93. The summed E-state index contributed by atoms with van der Waals surface area (Å²) in [5, 5.41) is 11.7. The van der Waals surface area contributed by atoms with Crippen LogP contribution in [0.4, 0.5) is 8.78 Å². The number of aromatic amines is 1. The number of carbonyl (C=O) groups is 1. The predicted molar refractivity (Wildman–Crippen MR) is 97.8 cm³/mol. The third-order valence-corrected chi connectivity index (χ3v) is 4.80. The normalized spacial score (nSPS) is 15.8. The molecule has 9 heteroatoms. The molecule has 1 saturated heterocycles. The molecule has 2 aromatic rings. The maximum Gasteiger partial charge on any atom is 0.279 e. The largest absolute Gasteiger partial charge is 0.343 e. The number of H-pyrrole nitrogens is 1. The van der Waals surface area contributed by atoms with Crippen molar-refractivity contribution in [1.29, 1.82) is 5.41 Å². The SMILES string of the molecule is CC(=O)N1CCC(c2cc(-c3cnc(/C=C\C(=N)C(F)F)[nH]3)nn2C)CC1. The number of amides is 1. The van der Waals surface area contributed by atoms with Gasteiger partial charge in [-0.05, 0) is 31.1 Å². The number of hydrogen-bond acceptors (Lipinski definition) is 4. The molecule has 144 valence electrons. The summed E-state index contributed by atoms with van der Waals surface area (Å²) in [6.07, 6.45) is 2.95.